The fourth-order valence-electron chi connectivity index (χ4n) is 2.13. The predicted molar refractivity (Wildman–Crippen MR) is 75.7 cm³/mol. The normalized spacial score (nSPS) is 17.5. The van der Waals surface area contributed by atoms with Crippen molar-refractivity contribution in [2.75, 3.05) is 26.2 Å². The van der Waals surface area contributed by atoms with E-state index in [2.05, 4.69) is 10.6 Å². The van der Waals surface area contributed by atoms with Crippen LogP contribution in [0.25, 0.3) is 0 Å². The standard InChI is InChI=1S/C14H19ClN2O2/c1-2-16-5-6-17-14(18)11-7-10-8-12(15)3-4-13(10)19-9-11/h3-4,8,11,16H,2,5-7,9H2,1H3,(H,17,18). The summed E-state index contributed by atoms with van der Waals surface area (Å²) in [6.07, 6.45) is 0.683. The quantitative estimate of drug-likeness (QED) is 0.807. The fraction of sp³-hybridized carbons (Fsp3) is 0.500. The number of rotatable bonds is 5. The lowest BCUT2D eigenvalue weighted by atomic mass is 9.96. The van der Waals surface area contributed by atoms with Crippen molar-refractivity contribution >= 4 is 17.5 Å². The van der Waals surface area contributed by atoms with Crippen LogP contribution >= 0.6 is 11.6 Å². The number of ether oxygens (including phenoxy) is 1. The van der Waals surface area contributed by atoms with Crippen LogP contribution in [0.4, 0.5) is 0 Å². The fourth-order valence-corrected chi connectivity index (χ4v) is 2.32. The maximum atomic E-state index is 12.0. The molecule has 1 amide bonds. The number of hydrogen-bond donors (Lipinski definition) is 2. The number of likely N-dealkylation sites (N-methyl/N-ethyl adjacent to an activating group) is 1. The second-order valence-corrected chi connectivity index (χ2v) is 5.05. The summed E-state index contributed by atoms with van der Waals surface area (Å²) in [5, 5.41) is 6.76. The van der Waals surface area contributed by atoms with Crippen molar-refractivity contribution in [3.05, 3.63) is 28.8 Å². The molecule has 0 fully saturated rings. The van der Waals surface area contributed by atoms with Crippen LogP contribution in [0, 0.1) is 5.92 Å². The minimum atomic E-state index is -0.132. The highest BCUT2D eigenvalue weighted by Crippen LogP contribution is 2.29. The Hall–Kier alpha value is -1.26. The second-order valence-electron chi connectivity index (χ2n) is 4.61. The van der Waals surface area contributed by atoms with Gasteiger partial charge in [-0.05, 0) is 36.7 Å². The monoisotopic (exact) mass is 282 g/mol. The van der Waals surface area contributed by atoms with E-state index in [-0.39, 0.29) is 11.8 Å². The molecule has 1 atom stereocenters. The molecule has 1 unspecified atom stereocenters. The van der Waals surface area contributed by atoms with Gasteiger partial charge in [0.15, 0.2) is 0 Å². The van der Waals surface area contributed by atoms with Crippen LogP contribution in [-0.4, -0.2) is 32.1 Å². The summed E-state index contributed by atoms with van der Waals surface area (Å²) in [5.74, 6) is 0.747. The molecule has 0 spiro atoms. The lowest BCUT2D eigenvalue weighted by Crippen LogP contribution is -2.40. The number of amides is 1. The van der Waals surface area contributed by atoms with Gasteiger partial charge < -0.3 is 15.4 Å². The second kappa shape index (κ2) is 6.78. The maximum absolute atomic E-state index is 12.0. The van der Waals surface area contributed by atoms with E-state index < -0.39 is 0 Å². The van der Waals surface area contributed by atoms with Gasteiger partial charge in [0, 0.05) is 18.1 Å². The summed E-state index contributed by atoms with van der Waals surface area (Å²) >= 11 is 5.96. The Balaban J connectivity index is 1.88. The van der Waals surface area contributed by atoms with Crippen molar-refractivity contribution < 1.29 is 9.53 Å². The highest BCUT2D eigenvalue weighted by molar-refractivity contribution is 6.30. The lowest BCUT2D eigenvalue weighted by Gasteiger charge is -2.24. The number of carbonyl (C=O) groups is 1. The third kappa shape index (κ3) is 3.85. The first kappa shape index (κ1) is 14.2. The summed E-state index contributed by atoms with van der Waals surface area (Å²) in [6, 6.07) is 5.53. The molecule has 1 heterocycles. The molecule has 0 bridgehead atoms. The molecule has 0 radical (unpaired) electrons. The van der Waals surface area contributed by atoms with Gasteiger partial charge in [0.2, 0.25) is 5.91 Å². The molecule has 104 valence electrons. The number of hydrogen-bond acceptors (Lipinski definition) is 3. The highest BCUT2D eigenvalue weighted by Gasteiger charge is 2.25. The average molecular weight is 283 g/mol. The number of fused-ring (bicyclic) bond motifs is 1. The molecule has 2 N–H and O–H groups in total. The molecular weight excluding hydrogens is 264 g/mol. The lowest BCUT2D eigenvalue weighted by molar-refractivity contribution is -0.126. The summed E-state index contributed by atoms with van der Waals surface area (Å²) in [7, 11) is 0. The molecule has 0 saturated heterocycles. The Morgan fingerprint density at radius 3 is 3.11 bits per heavy atom. The van der Waals surface area contributed by atoms with Crippen LogP contribution in [0.1, 0.15) is 12.5 Å². The molecule has 2 rings (SSSR count). The van der Waals surface area contributed by atoms with Crippen molar-refractivity contribution in [3.63, 3.8) is 0 Å². The Kier molecular flexibility index (Phi) is 5.05. The van der Waals surface area contributed by atoms with Crippen LogP contribution in [-0.2, 0) is 11.2 Å². The molecule has 0 saturated carbocycles. The van der Waals surface area contributed by atoms with E-state index in [0.29, 0.717) is 24.6 Å². The van der Waals surface area contributed by atoms with Crippen LogP contribution < -0.4 is 15.4 Å². The summed E-state index contributed by atoms with van der Waals surface area (Å²) in [5.41, 5.74) is 1.01. The predicted octanol–water partition coefficient (Wildman–Crippen LogP) is 1.62. The van der Waals surface area contributed by atoms with E-state index in [4.69, 9.17) is 16.3 Å². The third-order valence-electron chi connectivity index (χ3n) is 3.15. The molecular formula is C14H19ClN2O2. The zero-order valence-corrected chi connectivity index (χ0v) is 11.8. The van der Waals surface area contributed by atoms with Gasteiger partial charge in [-0.25, -0.2) is 0 Å². The van der Waals surface area contributed by atoms with Gasteiger partial charge in [-0.3, -0.25) is 4.79 Å². The molecule has 0 aromatic heterocycles. The van der Waals surface area contributed by atoms with Gasteiger partial charge in [0.25, 0.3) is 0 Å². The van der Waals surface area contributed by atoms with E-state index in [1.54, 1.807) is 6.07 Å². The van der Waals surface area contributed by atoms with Gasteiger partial charge in [-0.15, -0.1) is 0 Å². The molecule has 0 aliphatic carbocycles. The van der Waals surface area contributed by atoms with Gasteiger partial charge in [0.05, 0.1) is 5.92 Å². The van der Waals surface area contributed by atoms with Crippen molar-refractivity contribution in [3.8, 4) is 5.75 Å². The molecule has 1 aromatic rings. The largest absolute Gasteiger partial charge is 0.492 e. The van der Waals surface area contributed by atoms with Crippen LogP contribution in [0.15, 0.2) is 18.2 Å². The first-order valence-corrected chi connectivity index (χ1v) is 6.98. The number of halogens is 1. The first-order valence-electron chi connectivity index (χ1n) is 6.60. The Morgan fingerprint density at radius 1 is 1.47 bits per heavy atom. The molecule has 4 nitrogen and oxygen atoms in total. The van der Waals surface area contributed by atoms with Gasteiger partial charge in [-0.1, -0.05) is 18.5 Å². The Labute approximate surface area is 118 Å². The number of carbonyl (C=O) groups excluding carboxylic acids is 1. The molecule has 1 aliphatic heterocycles. The van der Waals surface area contributed by atoms with Gasteiger partial charge >= 0.3 is 0 Å². The minimum Gasteiger partial charge on any atom is -0.492 e. The molecule has 1 aliphatic rings. The zero-order valence-electron chi connectivity index (χ0n) is 11.0. The minimum absolute atomic E-state index is 0.0449. The zero-order chi connectivity index (χ0) is 13.7. The van der Waals surface area contributed by atoms with E-state index in [9.17, 15) is 4.79 Å². The van der Waals surface area contributed by atoms with E-state index >= 15 is 0 Å². The van der Waals surface area contributed by atoms with Crippen LogP contribution in [0.2, 0.25) is 5.02 Å². The molecule has 5 heteroatoms. The Bertz CT molecular complexity index is 451. The van der Waals surface area contributed by atoms with Crippen molar-refractivity contribution in [1.29, 1.82) is 0 Å². The SMILES string of the molecule is CCNCCNC(=O)C1COc2ccc(Cl)cc2C1. The maximum Gasteiger partial charge on any atom is 0.226 e. The number of benzene rings is 1. The smallest absolute Gasteiger partial charge is 0.226 e. The third-order valence-corrected chi connectivity index (χ3v) is 3.39. The van der Waals surface area contributed by atoms with Crippen LogP contribution in [0.3, 0.4) is 0 Å². The summed E-state index contributed by atoms with van der Waals surface area (Å²) in [6.45, 7) is 4.82. The summed E-state index contributed by atoms with van der Waals surface area (Å²) < 4.78 is 5.60. The topological polar surface area (TPSA) is 50.4 Å². The average Bonchev–Trinajstić information content (AvgIpc) is 2.42. The van der Waals surface area contributed by atoms with E-state index in [1.807, 2.05) is 19.1 Å². The van der Waals surface area contributed by atoms with Crippen molar-refractivity contribution in [1.82, 2.24) is 10.6 Å². The molecule has 1 aromatic carbocycles. The summed E-state index contributed by atoms with van der Waals surface area (Å²) in [4.78, 5) is 12.0. The van der Waals surface area contributed by atoms with E-state index in [0.717, 1.165) is 24.4 Å². The van der Waals surface area contributed by atoms with Crippen LogP contribution in [0.5, 0.6) is 5.75 Å². The highest BCUT2D eigenvalue weighted by atomic mass is 35.5. The molecule has 19 heavy (non-hydrogen) atoms. The Morgan fingerprint density at radius 2 is 2.32 bits per heavy atom. The van der Waals surface area contributed by atoms with Gasteiger partial charge in [-0.2, -0.15) is 0 Å². The van der Waals surface area contributed by atoms with Crippen molar-refractivity contribution in [2.24, 2.45) is 5.92 Å². The van der Waals surface area contributed by atoms with Gasteiger partial charge in [0.1, 0.15) is 12.4 Å². The number of nitrogens with one attached hydrogen (secondary N) is 2. The van der Waals surface area contributed by atoms with Crippen molar-refractivity contribution in [2.45, 2.75) is 13.3 Å². The first-order chi connectivity index (χ1) is 9.20. The van der Waals surface area contributed by atoms with E-state index in [1.165, 1.54) is 0 Å².